The van der Waals surface area contributed by atoms with Gasteiger partial charge in [0, 0.05) is 31.9 Å². The molecule has 0 saturated carbocycles. The molecule has 24 heavy (non-hydrogen) atoms. The van der Waals surface area contributed by atoms with E-state index in [0.717, 1.165) is 6.54 Å². The van der Waals surface area contributed by atoms with Crippen LogP contribution in [0.2, 0.25) is 0 Å². The van der Waals surface area contributed by atoms with Gasteiger partial charge in [0.25, 0.3) is 0 Å². The first kappa shape index (κ1) is 16.1. The molecule has 0 spiro atoms. The van der Waals surface area contributed by atoms with Crippen LogP contribution in [0, 0.1) is 0 Å². The molecule has 0 amide bonds. The first-order valence-electron chi connectivity index (χ1n) is 8.31. The van der Waals surface area contributed by atoms with Crippen LogP contribution in [-0.2, 0) is 6.54 Å². The minimum atomic E-state index is 0.918. The number of hydrogen-bond donors (Lipinski definition) is 0. The lowest BCUT2D eigenvalue weighted by Gasteiger charge is -2.11. The fourth-order valence-corrected chi connectivity index (χ4v) is 2.79. The summed E-state index contributed by atoms with van der Waals surface area (Å²) in [4.78, 5) is 2.11. The molecule has 0 aliphatic rings. The zero-order valence-corrected chi connectivity index (χ0v) is 14.6. The number of aromatic nitrogens is 2. The molecule has 2 aromatic carbocycles. The maximum absolute atomic E-state index is 2.26. The predicted octanol–water partition coefficient (Wildman–Crippen LogP) is 4.02. The minimum Gasteiger partial charge on any atom is -0.378 e. The van der Waals surface area contributed by atoms with Crippen LogP contribution in [0.3, 0.4) is 0 Å². The molecule has 3 heteroatoms. The summed E-state index contributed by atoms with van der Waals surface area (Å²) in [5.41, 5.74) is 4.79. The monoisotopic (exact) mass is 318 g/mol. The van der Waals surface area contributed by atoms with Crippen molar-refractivity contribution in [3.63, 3.8) is 0 Å². The van der Waals surface area contributed by atoms with Crippen molar-refractivity contribution in [1.29, 1.82) is 0 Å². The molecule has 1 aromatic heterocycles. The molecule has 0 bridgehead atoms. The van der Waals surface area contributed by atoms with Crippen molar-refractivity contribution in [2.75, 3.05) is 19.0 Å². The van der Waals surface area contributed by atoms with Crippen molar-refractivity contribution in [2.24, 2.45) is 0 Å². The van der Waals surface area contributed by atoms with Gasteiger partial charge in [0.15, 0.2) is 6.54 Å². The minimum absolute atomic E-state index is 0.918. The average molecular weight is 318 g/mol. The molecule has 3 nitrogen and oxygen atoms in total. The first-order valence-corrected chi connectivity index (χ1v) is 8.31. The van der Waals surface area contributed by atoms with Gasteiger partial charge in [-0.2, -0.15) is 0 Å². The predicted molar refractivity (Wildman–Crippen MR) is 101 cm³/mol. The zero-order chi connectivity index (χ0) is 16.9. The van der Waals surface area contributed by atoms with Crippen LogP contribution in [0.4, 0.5) is 5.69 Å². The van der Waals surface area contributed by atoms with Crippen LogP contribution in [0.25, 0.3) is 17.8 Å². The summed E-state index contributed by atoms with van der Waals surface area (Å²) < 4.78 is 4.45. The van der Waals surface area contributed by atoms with Crippen LogP contribution in [0.15, 0.2) is 66.9 Å². The Morgan fingerprint density at radius 1 is 0.917 bits per heavy atom. The molecule has 3 rings (SSSR count). The molecular weight excluding hydrogens is 294 g/mol. The highest BCUT2D eigenvalue weighted by Gasteiger charge is 2.14. The van der Waals surface area contributed by atoms with E-state index in [2.05, 4.69) is 108 Å². The number of rotatable bonds is 5. The van der Waals surface area contributed by atoms with Crippen molar-refractivity contribution < 1.29 is 4.68 Å². The van der Waals surface area contributed by atoms with Gasteiger partial charge in [-0.25, -0.2) is 0 Å². The van der Waals surface area contributed by atoms with Crippen molar-refractivity contribution in [2.45, 2.75) is 13.5 Å². The van der Waals surface area contributed by atoms with Crippen LogP contribution >= 0.6 is 0 Å². The van der Waals surface area contributed by atoms with Crippen LogP contribution in [-0.4, -0.2) is 18.8 Å². The van der Waals surface area contributed by atoms with E-state index in [-0.39, 0.29) is 0 Å². The standard InChI is InChI=1S/C21H24N3/c1-4-23-21(16-17-24(23)20-8-6-5-7-9-20)15-12-18-10-13-19(14-11-18)22(2)3/h5-17H,4H2,1-3H3/q+1. The summed E-state index contributed by atoms with van der Waals surface area (Å²) >= 11 is 0. The van der Waals surface area contributed by atoms with Gasteiger partial charge in [0.05, 0.1) is 6.20 Å². The maximum Gasteiger partial charge on any atom is 0.231 e. The van der Waals surface area contributed by atoms with Crippen molar-refractivity contribution in [3.8, 4) is 5.69 Å². The van der Waals surface area contributed by atoms with Crippen LogP contribution in [0.5, 0.6) is 0 Å². The third kappa shape index (κ3) is 3.40. The highest BCUT2D eigenvalue weighted by atomic mass is 15.4. The van der Waals surface area contributed by atoms with Gasteiger partial charge < -0.3 is 4.90 Å². The third-order valence-electron chi connectivity index (χ3n) is 4.12. The van der Waals surface area contributed by atoms with Gasteiger partial charge in [-0.05, 0) is 42.8 Å². The second kappa shape index (κ2) is 7.18. The molecule has 0 atom stereocenters. The normalized spacial score (nSPS) is 11.1. The molecule has 3 aromatic rings. The highest BCUT2D eigenvalue weighted by molar-refractivity contribution is 5.68. The summed E-state index contributed by atoms with van der Waals surface area (Å²) in [5.74, 6) is 0. The van der Waals surface area contributed by atoms with Crippen LogP contribution < -0.4 is 9.58 Å². The molecule has 0 aliphatic heterocycles. The van der Waals surface area contributed by atoms with Crippen LogP contribution in [0.1, 0.15) is 18.2 Å². The lowest BCUT2D eigenvalue weighted by Crippen LogP contribution is -2.43. The first-order chi connectivity index (χ1) is 11.7. The zero-order valence-electron chi connectivity index (χ0n) is 14.6. The van der Waals surface area contributed by atoms with Gasteiger partial charge in [-0.3, -0.25) is 0 Å². The lowest BCUT2D eigenvalue weighted by atomic mass is 10.2. The fraction of sp³-hybridized carbons (Fsp3) is 0.190. The summed E-state index contributed by atoms with van der Waals surface area (Å²) in [5, 5.41) is 0. The molecule has 0 radical (unpaired) electrons. The van der Waals surface area contributed by atoms with E-state index in [9.17, 15) is 0 Å². The Hall–Kier alpha value is -2.81. The lowest BCUT2D eigenvalue weighted by molar-refractivity contribution is -0.765. The topological polar surface area (TPSA) is 12.1 Å². The molecule has 0 unspecified atom stereocenters. The van der Waals surface area contributed by atoms with E-state index in [1.54, 1.807) is 0 Å². The second-order valence-corrected chi connectivity index (χ2v) is 5.96. The van der Waals surface area contributed by atoms with E-state index < -0.39 is 0 Å². The molecule has 0 aliphatic carbocycles. The van der Waals surface area contributed by atoms with Crippen molar-refractivity contribution >= 4 is 17.8 Å². The Morgan fingerprint density at radius 2 is 1.62 bits per heavy atom. The van der Waals surface area contributed by atoms with Gasteiger partial charge in [-0.1, -0.05) is 30.3 Å². The SMILES string of the molecule is CC[n+]1c(C=Cc2ccc(N(C)C)cc2)ccn1-c1ccccc1. The van der Waals surface area contributed by atoms with Gasteiger partial charge in [0.2, 0.25) is 5.69 Å². The summed E-state index contributed by atoms with van der Waals surface area (Å²) in [6, 6.07) is 21.2. The fourth-order valence-electron chi connectivity index (χ4n) is 2.79. The summed E-state index contributed by atoms with van der Waals surface area (Å²) in [6.07, 6.45) is 6.46. The Balaban J connectivity index is 1.86. The molecule has 0 N–H and O–H groups in total. The summed E-state index contributed by atoms with van der Waals surface area (Å²) in [6.45, 7) is 3.09. The molecule has 0 saturated heterocycles. The molecule has 0 fully saturated rings. The molecular formula is C21H24N3+. The molecule has 1 heterocycles. The largest absolute Gasteiger partial charge is 0.378 e. The van der Waals surface area contributed by atoms with E-state index >= 15 is 0 Å². The second-order valence-electron chi connectivity index (χ2n) is 5.96. The Kier molecular flexibility index (Phi) is 4.80. The van der Waals surface area contributed by atoms with E-state index in [1.165, 1.54) is 22.6 Å². The smallest absolute Gasteiger partial charge is 0.231 e. The van der Waals surface area contributed by atoms with Crippen molar-refractivity contribution in [3.05, 3.63) is 78.1 Å². The summed E-state index contributed by atoms with van der Waals surface area (Å²) in [7, 11) is 4.11. The highest BCUT2D eigenvalue weighted by Crippen LogP contribution is 2.14. The quantitative estimate of drug-likeness (QED) is 0.647. The average Bonchev–Trinajstić information content (AvgIpc) is 3.04. The van der Waals surface area contributed by atoms with Gasteiger partial charge >= 0.3 is 0 Å². The van der Waals surface area contributed by atoms with E-state index in [4.69, 9.17) is 0 Å². The van der Waals surface area contributed by atoms with E-state index in [1.807, 2.05) is 6.07 Å². The number of benzene rings is 2. The number of anilines is 1. The third-order valence-corrected chi connectivity index (χ3v) is 4.12. The Bertz CT molecular complexity index is 812. The van der Waals surface area contributed by atoms with Crippen molar-refractivity contribution in [1.82, 2.24) is 4.68 Å². The number of nitrogens with zero attached hydrogens (tertiary/aromatic N) is 3. The maximum atomic E-state index is 2.26. The number of hydrogen-bond acceptors (Lipinski definition) is 1. The Morgan fingerprint density at radius 3 is 2.25 bits per heavy atom. The number of para-hydroxylation sites is 1. The van der Waals surface area contributed by atoms with E-state index in [0.29, 0.717) is 0 Å². The Labute approximate surface area is 144 Å². The van der Waals surface area contributed by atoms with Gasteiger partial charge in [-0.15, -0.1) is 9.36 Å². The van der Waals surface area contributed by atoms with Gasteiger partial charge in [0.1, 0.15) is 5.69 Å². The molecule has 122 valence electrons.